The lowest BCUT2D eigenvalue weighted by Gasteiger charge is -2.19. The fourth-order valence-electron chi connectivity index (χ4n) is 2.45. The molecule has 0 aromatic heterocycles. The van der Waals surface area contributed by atoms with Crippen molar-refractivity contribution in [3.05, 3.63) is 59.7 Å². The van der Waals surface area contributed by atoms with Gasteiger partial charge in [-0.05, 0) is 45.4 Å². The minimum atomic E-state index is -0.674. The summed E-state index contributed by atoms with van der Waals surface area (Å²) in [5, 5.41) is 7.89. The van der Waals surface area contributed by atoms with Crippen molar-refractivity contribution in [2.75, 3.05) is 17.2 Å². The number of carbonyl (C=O) groups excluding carboxylic acids is 3. The molecule has 0 heterocycles. The molecule has 0 bridgehead atoms. The zero-order valence-corrected chi connectivity index (χ0v) is 17.2. The molecule has 0 unspecified atom stereocenters. The molecule has 2 rings (SSSR count). The van der Waals surface area contributed by atoms with E-state index in [1.54, 1.807) is 45.0 Å². The van der Waals surface area contributed by atoms with E-state index in [0.29, 0.717) is 11.4 Å². The summed E-state index contributed by atoms with van der Waals surface area (Å²) >= 11 is 0. The molecule has 0 aliphatic heterocycles. The molecule has 2 aromatic rings. The van der Waals surface area contributed by atoms with Crippen LogP contribution >= 0.6 is 0 Å². The number of benzene rings is 2. The minimum absolute atomic E-state index is 0.192. The molecule has 0 radical (unpaired) electrons. The lowest BCUT2D eigenvalue weighted by molar-refractivity contribution is -0.116. The molecular weight excluding hydrogens is 370 g/mol. The van der Waals surface area contributed by atoms with E-state index >= 15 is 0 Å². The predicted octanol–water partition coefficient (Wildman–Crippen LogP) is 3.64. The molecule has 7 heteroatoms. The van der Waals surface area contributed by atoms with Crippen molar-refractivity contribution >= 4 is 29.3 Å². The Balaban J connectivity index is 1.92. The Morgan fingerprint density at radius 1 is 0.862 bits per heavy atom. The van der Waals surface area contributed by atoms with E-state index in [0.717, 1.165) is 11.1 Å². The van der Waals surface area contributed by atoms with Gasteiger partial charge < -0.3 is 20.7 Å². The molecule has 0 saturated carbocycles. The summed E-state index contributed by atoms with van der Waals surface area (Å²) in [5.74, 6) is -0.626. The average Bonchev–Trinajstić information content (AvgIpc) is 2.62. The molecule has 2 aromatic carbocycles. The largest absolute Gasteiger partial charge is 0.444 e. The Hall–Kier alpha value is -3.35. The monoisotopic (exact) mass is 397 g/mol. The second-order valence-electron chi connectivity index (χ2n) is 7.66. The van der Waals surface area contributed by atoms with E-state index in [-0.39, 0.29) is 18.9 Å². The highest BCUT2D eigenvalue weighted by molar-refractivity contribution is 6.01. The van der Waals surface area contributed by atoms with Crippen LogP contribution in [0.2, 0.25) is 0 Å². The molecule has 0 fully saturated rings. The van der Waals surface area contributed by atoms with Gasteiger partial charge in [-0.3, -0.25) is 9.59 Å². The van der Waals surface area contributed by atoms with E-state index in [4.69, 9.17) is 4.74 Å². The maximum absolute atomic E-state index is 12.4. The van der Waals surface area contributed by atoms with Gasteiger partial charge in [-0.15, -0.1) is 0 Å². The number of anilines is 2. The van der Waals surface area contributed by atoms with Crippen molar-refractivity contribution in [1.82, 2.24) is 5.32 Å². The van der Waals surface area contributed by atoms with Gasteiger partial charge >= 0.3 is 6.09 Å². The first-order chi connectivity index (χ1) is 13.6. The van der Waals surface area contributed by atoms with Crippen molar-refractivity contribution in [2.24, 2.45) is 0 Å². The maximum Gasteiger partial charge on any atom is 0.408 e. The van der Waals surface area contributed by atoms with Gasteiger partial charge in [0.05, 0.1) is 17.8 Å². The Morgan fingerprint density at radius 2 is 1.41 bits per heavy atom. The van der Waals surface area contributed by atoms with Crippen LogP contribution in [-0.4, -0.2) is 30.1 Å². The number of aryl methyl sites for hydroxylation is 1. The molecular formula is C22H27N3O4. The SMILES string of the molecule is Cc1ccc(CC(=O)Nc2ccccc2NC(=O)CNC(=O)OC(C)(C)C)cc1. The standard InChI is InChI=1S/C22H27N3O4/c1-15-9-11-16(12-10-15)13-19(26)24-17-7-5-6-8-18(17)25-20(27)14-23-21(28)29-22(2,3)4/h5-12H,13-14H2,1-4H3,(H,23,28)(H,24,26)(H,25,27). The quantitative estimate of drug-likeness (QED) is 0.693. The second-order valence-corrected chi connectivity index (χ2v) is 7.66. The van der Waals surface area contributed by atoms with Crippen molar-refractivity contribution in [3.63, 3.8) is 0 Å². The second kappa shape index (κ2) is 9.73. The van der Waals surface area contributed by atoms with Gasteiger partial charge in [-0.25, -0.2) is 4.79 Å². The van der Waals surface area contributed by atoms with Crippen LogP contribution in [0, 0.1) is 6.92 Å². The topological polar surface area (TPSA) is 96.5 Å². The normalized spacial score (nSPS) is 10.8. The van der Waals surface area contributed by atoms with Crippen molar-refractivity contribution in [3.8, 4) is 0 Å². The molecule has 3 amide bonds. The smallest absolute Gasteiger partial charge is 0.408 e. The number of carbonyl (C=O) groups is 3. The van der Waals surface area contributed by atoms with E-state index in [1.165, 1.54) is 0 Å². The molecule has 3 N–H and O–H groups in total. The average molecular weight is 397 g/mol. The summed E-state index contributed by atoms with van der Waals surface area (Å²) in [6.07, 6.45) is -0.449. The number of amides is 3. The van der Waals surface area contributed by atoms with Gasteiger partial charge in [0.15, 0.2) is 0 Å². The van der Waals surface area contributed by atoms with Gasteiger partial charge in [0.1, 0.15) is 12.1 Å². The molecule has 0 aliphatic rings. The molecule has 29 heavy (non-hydrogen) atoms. The third kappa shape index (κ3) is 8.04. The van der Waals surface area contributed by atoms with Crippen molar-refractivity contribution in [2.45, 2.75) is 39.7 Å². The summed E-state index contributed by atoms with van der Waals surface area (Å²) in [6.45, 7) is 6.95. The number of para-hydroxylation sites is 2. The Bertz CT molecular complexity index is 870. The first-order valence-corrected chi connectivity index (χ1v) is 9.33. The summed E-state index contributed by atoms with van der Waals surface area (Å²) < 4.78 is 5.09. The first kappa shape index (κ1) is 21.9. The molecule has 0 saturated heterocycles. The van der Waals surface area contributed by atoms with Gasteiger partial charge in [0.25, 0.3) is 0 Å². The van der Waals surface area contributed by atoms with Crippen LogP contribution in [0.4, 0.5) is 16.2 Å². The summed E-state index contributed by atoms with van der Waals surface area (Å²) in [7, 11) is 0. The molecule has 0 aliphatic carbocycles. The Morgan fingerprint density at radius 3 is 1.97 bits per heavy atom. The van der Waals surface area contributed by atoms with Crippen LogP contribution in [0.3, 0.4) is 0 Å². The van der Waals surface area contributed by atoms with Crippen molar-refractivity contribution < 1.29 is 19.1 Å². The lowest BCUT2D eigenvalue weighted by atomic mass is 10.1. The molecule has 7 nitrogen and oxygen atoms in total. The van der Waals surface area contributed by atoms with Crippen LogP contribution in [0.15, 0.2) is 48.5 Å². The fourth-order valence-corrected chi connectivity index (χ4v) is 2.45. The maximum atomic E-state index is 12.4. The highest BCUT2D eigenvalue weighted by Gasteiger charge is 2.17. The van der Waals surface area contributed by atoms with E-state index in [2.05, 4.69) is 16.0 Å². The van der Waals surface area contributed by atoms with Crippen LogP contribution in [0.25, 0.3) is 0 Å². The minimum Gasteiger partial charge on any atom is -0.444 e. The van der Waals surface area contributed by atoms with Crippen LogP contribution in [-0.2, 0) is 20.7 Å². The highest BCUT2D eigenvalue weighted by Crippen LogP contribution is 2.21. The number of nitrogens with one attached hydrogen (secondary N) is 3. The molecule has 0 spiro atoms. The zero-order valence-electron chi connectivity index (χ0n) is 17.2. The Kier molecular flexibility index (Phi) is 7.36. The number of hydrogen-bond donors (Lipinski definition) is 3. The van der Waals surface area contributed by atoms with Crippen molar-refractivity contribution in [1.29, 1.82) is 0 Å². The van der Waals surface area contributed by atoms with E-state index < -0.39 is 17.6 Å². The van der Waals surface area contributed by atoms with Gasteiger partial charge in [0.2, 0.25) is 11.8 Å². The van der Waals surface area contributed by atoms with Crippen LogP contribution < -0.4 is 16.0 Å². The van der Waals surface area contributed by atoms with Gasteiger partial charge in [-0.2, -0.15) is 0 Å². The van der Waals surface area contributed by atoms with E-state index in [1.807, 2.05) is 31.2 Å². The number of hydrogen-bond acceptors (Lipinski definition) is 4. The summed E-state index contributed by atoms with van der Waals surface area (Å²) in [4.78, 5) is 36.2. The van der Waals surface area contributed by atoms with Gasteiger partial charge in [-0.1, -0.05) is 42.0 Å². The summed E-state index contributed by atoms with van der Waals surface area (Å²) in [5.41, 5.74) is 2.31. The van der Waals surface area contributed by atoms with Crippen LogP contribution in [0.1, 0.15) is 31.9 Å². The van der Waals surface area contributed by atoms with Gasteiger partial charge in [0, 0.05) is 0 Å². The molecule has 154 valence electrons. The zero-order chi connectivity index (χ0) is 21.4. The third-order valence-electron chi connectivity index (χ3n) is 3.75. The number of alkyl carbamates (subject to hydrolysis) is 1. The number of ether oxygens (including phenoxy) is 1. The lowest BCUT2D eigenvalue weighted by Crippen LogP contribution is -2.37. The third-order valence-corrected chi connectivity index (χ3v) is 3.75. The summed E-state index contributed by atoms with van der Waals surface area (Å²) in [6, 6.07) is 14.6. The highest BCUT2D eigenvalue weighted by atomic mass is 16.6. The van der Waals surface area contributed by atoms with Crippen LogP contribution in [0.5, 0.6) is 0 Å². The fraction of sp³-hybridized carbons (Fsp3) is 0.318. The van der Waals surface area contributed by atoms with E-state index in [9.17, 15) is 14.4 Å². The number of rotatable bonds is 6. The first-order valence-electron chi connectivity index (χ1n) is 9.33. The molecule has 0 atom stereocenters. The predicted molar refractivity (Wildman–Crippen MR) is 113 cm³/mol. The Labute approximate surface area is 170 Å².